The average Bonchev–Trinajstić information content (AvgIpc) is 3.16. The molecule has 0 radical (unpaired) electrons. The first kappa shape index (κ1) is 14.8. The van der Waals surface area contributed by atoms with Crippen molar-refractivity contribution in [3.8, 4) is 5.75 Å². The van der Waals surface area contributed by atoms with E-state index in [0.29, 0.717) is 18.1 Å². The van der Waals surface area contributed by atoms with E-state index in [-0.39, 0.29) is 18.3 Å². The molecular weight excluding hydrogens is 290 g/mol. The highest BCUT2D eigenvalue weighted by Gasteiger charge is 2.41. The molecule has 5 nitrogen and oxygen atoms in total. The van der Waals surface area contributed by atoms with Crippen molar-refractivity contribution in [2.45, 2.75) is 31.4 Å². The van der Waals surface area contributed by atoms with E-state index < -0.39 is 16.1 Å². The molecule has 0 spiro atoms. The summed E-state index contributed by atoms with van der Waals surface area (Å²) in [6.07, 6.45) is 1.84. The molecule has 1 saturated carbocycles. The van der Waals surface area contributed by atoms with E-state index in [1.807, 2.05) is 24.3 Å². The second kappa shape index (κ2) is 5.59. The van der Waals surface area contributed by atoms with E-state index in [1.54, 1.807) is 7.11 Å². The fourth-order valence-corrected chi connectivity index (χ4v) is 5.04. The van der Waals surface area contributed by atoms with Crippen LogP contribution in [0.15, 0.2) is 24.3 Å². The molecule has 1 aliphatic heterocycles. The van der Waals surface area contributed by atoms with Gasteiger partial charge in [-0.05, 0) is 42.9 Å². The zero-order valence-corrected chi connectivity index (χ0v) is 12.9. The predicted octanol–water partition coefficient (Wildman–Crippen LogP) is 1.54. The van der Waals surface area contributed by atoms with Crippen LogP contribution in [-0.4, -0.2) is 43.3 Å². The average molecular weight is 311 g/mol. The van der Waals surface area contributed by atoms with Crippen LogP contribution in [0.5, 0.6) is 5.75 Å². The summed E-state index contributed by atoms with van der Waals surface area (Å²) in [6, 6.07) is 7.13. The molecule has 1 aromatic carbocycles. The van der Waals surface area contributed by atoms with Crippen LogP contribution in [0.3, 0.4) is 0 Å². The topological polar surface area (TPSA) is 66.8 Å². The quantitative estimate of drug-likeness (QED) is 0.896. The Balaban J connectivity index is 1.87. The summed E-state index contributed by atoms with van der Waals surface area (Å²) in [5.74, 6) is 1.22. The Labute approximate surface area is 125 Å². The zero-order chi connectivity index (χ0) is 15.0. The molecule has 6 heteroatoms. The van der Waals surface area contributed by atoms with Crippen molar-refractivity contribution in [3.05, 3.63) is 29.8 Å². The third-order valence-corrected chi connectivity index (χ3v) is 6.22. The van der Waals surface area contributed by atoms with Gasteiger partial charge in [-0.2, -0.15) is 4.31 Å². The summed E-state index contributed by atoms with van der Waals surface area (Å²) in [7, 11) is -1.73. The van der Waals surface area contributed by atoms with E-state index >= 15 is 0 Å². The van der Waals surface area contributed by atoms with E-state index in [9.17, 15) is 13.5 Å². The maximum atomic E-state index is 12.6. The van der Waals surface area contributed by atoms with Crippen LogP contribution in [-0.2, 0) is 10.0 Å². The molecule has 1 aromatic rings. The highest BCUT2D eigenvalue weighted by Crippen LogP contribution is 2.38. The van der Waals surface area contributed by atoms with Gasteiger partial charge in [0.1, 0.15) is 5.75 Å². The summed E-state index contributed by atoms with van der Waals surface area (Å²) >= 11 is 0. The van der Waals surface area contributed by atoms with Gasteiger partial charge < -0.3 is 9.84 Å². The Hall–Kier alpha value is -1.11. The van der Waals surface area contributed by atoms with Gasteiger partial charge in [-0.3, -0.25) is 0 Å². The van der Waals surface area contributed by atoms with E-state index in [4.69, 9.17) is 4.74 Å². The number of rotatable bonds is 5. The van der Waals surface area contributed by atoms with Crippen LogP contribution >= 0.6 is 0 Å². The highest BCUT2D eigenvalue weighted by atomic mass is 32.2. The first-order valence-electron chi connectivity index (χ1n) is 7.31. The summed E-state index contributed by atoms with van der Waals surface area (Å²) < 4.78 is 31.8. The van der Waals surface area contributed by atoms with Gasteiger partial charge in [0.05, 0.1) is 25.0 Å². The Morgan fingerprint density at radius 1 is 1.38 bits per heavy atom. The van der Waals surface area contributed by atoms with Crippen molar-refractivity contribution < 1.29 is 18.3 Å². The lowest BCUT2D eigenvalue weighted by Crippen LogP contribution is -2.34. The number of methoxy groups -OCH3 is 1. The number of β-amino-alcohol motifs (C(OH)–C–C–N with tert-alkyl or cyclic N) is 1. The third-order valence-electron chi connectivity index (χ3n) is 4.21. The molecule has 1 N–H and O–H groups in total. The largest absolute Gasteiger partial charge is 0.497 e. The zero-order valence-electron chi connectivity index (χ0n) is 12.1. The Kier molecular flexibility index (Phi) is 3.94. The Morgan fingerprint density at radius 3 is 2.81 bits per heavy atom. The van der Waals surface area contributed by atoms with Gasteiger partial charge in [-0.1, -0.05) is 12.1 Å². The Morgan fingerprint density at radius 2 is 2.14 bits per heavy atom. The first-order valence-corrected chi connectivity index (χ1v) is 8.92. The highest BCUT2D eigenvalue weighted by molar-refractivity contribution is 7.89. The molecule has 3 rings (SSSR count). The van der Waals surface area contributed by atoms with Crippen molar-refractivity contribution in [2.75, 3.05) is 19.4 Å². The molecule has 2 atom stereocenters. The second-order valence-electron chi connectivity index (χ2n) is 5.97. The van der Waals surface area contributed by atoms with Crippen LogP contribution < -0.4 is 4.74 Å². The van der Waals surface area contributed by atoms with Crippen LogP contribution in [0.4, 0.5) is 0 Å². The molecular formula is C15H21NO4S. The smallest absolute Gasteiger partial charge is 0.215 e. The SMILES string of the molecule is COc1cccc([C@H]2C[C@@H](O)CN2S(=O)(=O)CC2CC2)c1. The number of ether oxygens (including phenoxy) is 1. The molecule has 2 aliphatic rings. The summed E-state index contributed by atoms with van der Waals surface area (Å²) in [4.78, 5) is 0. The minimum Gasteiger partial charge on any atom is -0.497 e. The van der Waals surface area contributed by atoms with Crippen molar-refractivity contribution in [1.29, 1.82) is 0 Å². The molecule has 1 aliphatic carbocycles. The lowest BCUT2D eigenvalue weighted by Gasteiger charge is -2.24. The third kappa shape index (κ3) is 3.22. The molecule has 0 bridgehead atoms. The monoisotopic (exact) mass is 311 g/mol. The fraction of sp³-hybridized carbons (Fsp3) is 0.600. The van der Waals surface area contributed by atoms with Crippen molar-refractivity contribution in [2.24, 2.45) is 5.92 Å². The van der Waals surface area contributed by atoms with Gasteiger partial charge in [-0.25, -0.2) is 8.42 Å². The molecule has 0 unspecified atom stereocenters. The van der Waals surface area contributed by atoms with Crippen LogP contribution in [0.1, 0.15) is 30.9 Å². The predicted molar refractivity (Wildman–Crippen MR) is 79.6 cm³/mol. The minimum atomic E-state index is -3.31. The van der Waals surface area contributed by atoms with Gasteiger partial charge in [0.15, 0.2) is 0 Å². The lowest BCUT2D eigenvalue weighted by atomic mass is 10.0. The second-order valence-corrected chi connectivity index (χ2v) is 7.94. The molecule has 21 heavy (non-hydrogen) atoms. The number of aliphatic hydroxyl groups excluding tert-OH is 1. The molecule has 1 heterocycles. The Bertz CT molecular complexity index is 612. The summed E-state index contributed by atoms with van der Waals surface area (Å²) in [6.45, 7) is 0.191. The van der Waals surface area contributed by atoms with Gasteiger partial charge in [0, 0.05) is 6.54 Å². The van der Waals surface area contributed by atoms with Gasteiger partial charge in [0.2, 0.25) is 10.0 Å². The summed E-state index contributed by atoms with van der Waals surface area (Å²) in [5, 5.41) is 9.93. The number of nitrogens with zero attached hydrogens (tertiary/aromatic N) is 1. The van der Waals surface area contributed by atoms with Gasteiger partial charge in [-0.15, -0.1) is 0 Å². The fourth-order valence-electron chi connectivity index (χ4n) is 2.92. The number of aliphatic hydroxyl groups is 1. The summed E-state index contributed by atoms with van der Waals surface area (Å²) in [5.41, 5.74) is 0.880. The molecule has 1 saturated heterocycles. The molecule has 0 aromatic heterocycles. The van der Waals surface area contributed by atoms with Gasteiger partial charge >= 0.3 is 0 Å². The van der Waals surface area contributed by atoms with Crippen molar-refractivity contribution in [3.63, 3.8) is 0 Å². The van der Waals surface area contributed by atoms with Crippen molar-refractivity contribution >= 4 is 10.0 Å². The number of sulfonamides is 1. The first-order chi connectivity index (χ1) is 9.99. The van der Waals surface area contributed by atoms with Crippen LogP contribution in [0, 0.1) is 5.92 Å². The number of hydrogen-bond donors (Lipinski definition) is 1. The lowest BCUT2D eigenvalue weighted by molar-refractivity contribution is 0.188. The molecule has 116 valence electrons. The van der Waals surface area contributed by atoms with Crippen LogP contribution in [0.2, 0.25) is 0 Å². The van der Waals surface area contributed by atoms with E-state index in [0.717, 1.165) is 18.4 Å². The molecule has 2 fully saturated rings. The minimum absolute atomic E-state index is 0.191. The number of benzene rings is 1. The standard InChI is InChI=1S/C15H21NO4S/c1-20-14-4-2-3-12(7-14)15-8-13(17)9-16(15)21(18,19)10-11-5-6-11/h2-4,7,11,13,15,17H,5-6,8-10H2,1H3/t13-,15-/m1/s1. The van der Waals surface area contributed by atoms with Crippen LogP contribution in [0.25, 0.3) is 0 Å². The normalized spacial score (nSPS) is 27.0. The van der Waals surface area contributed by atoms with Crippen molar-refractivity contribution in [1.82, 2.24) is 4.31 Å². The number of hydrogen-bond acceptors (Lipinski definition) is 4. The maximum Gasteiger partial charge on any atom is 0.215 e. The maximum absolute atomic E-state index is 12.6. The van der Waals surface area contributed by atoms with Gasteiger partial charge in [0.25, 0.3) is 0 Å². The van der Waals surface area contributed by atoms with E-state index in [2.05, 4.69) is 0 Å². The molecule has 0 amide bonds. The van der Waals surface area contributed by atoms with E-state index in [1.165, 1.54) is 4.31 Å².